The summed E-state index contributed by atoms with van der Waals surface area (Å²) < 4.78 is 0. The minimum atomic E-state index is 1.37. The molecule has 0 fully saturated rings. The lowest BCUT2D eigenvalue weighted by atomic mass is 10.0. The van der Waals surface area contributed by atoms with Crippen LogP contribution in [0.3, 0.4) is 0 Å². The standard InChI is InChI=1S/C35H72/c1-3-5-7-9-11-13-15-17-19-21-23-25-27-29-31-33-35-34-32-30-28-26-24-22-20-18-16-14-12-10-8-6-4-2/h3-35H2,1-2H3. The zero-order valence-corrected chi connectivity index (χ0v) is 25.3. The van der Waals surface area contributed by atoms with E-state index in [4.69, 9.17) is 0 Å². The first-order valence-electron chi connectivity index (χ1n) is 17.4. The third-order valence-corrected chi connectivity index (χ3v) is 8.21. The van der Waals surface area contributed by atoms with Crippen molar-refractivity contribution in [1.29, 1.82) is 0 Å². The second-order valence-electron chi connectivity index (χ2n) is 12.0. The first kappa shape index (κ1) is 35.0. The molecule has 0 aliphatic carbocycles. The van der Waals surface area contributed by atoms with Gasteiger partial charge in [-0.3, -0.25) is 0 Å². The van der Waals surface area contributed by atoms with E-state index in [2.05, 4.69) is 13.8 Å². The van der Waals surface area contributed by atoms with E-state index in [9.17, 15) is 0 Å². The van der Waals surface area contributed by atoms with E-state index in [-0.39, 0.29) is 0 Å². The Bertz CT molecular complexity index is 301. The maximum absolute atomic E-state index is 2.31. The quantitative estimate of drug-likeness (QED) is 0.0819. The van der Waals surface area contributed by atoms with Gasteiger partial charge in [0.05, 0.1) is 0 Å². The molecule has 0 nitrogen and oxygen atoms in total. The minimum Gasteiger partial charge on any atom is -0.0654 e. The first-order chi connectivity index (χ1) is 17.4. The molecule has 0 heterocycles. The Morgan fingerprint density at radius 2 is 0.229 bits per heavy atom. The van der Waals surface area contributed by atoms with Crippen molar-refractivity contribution in [3.8, 4) is 0 Å². The van der Waals surface area contributed by atoms with E-state index >= 15 is 0 Å². The highest BCUT2D eigenvalue weighted by Gasteiger charge is 1.97. The lowest BCUT2D eigenvalue weighted by Gasteiger charge is -2.04. The molecule has 0 radical (unpaired) electrons. The number of hydrogen-bond acceptors (Lipinski definition) is 0. The summed E-state index contributed by atoms with van der Waals surface area (Å²) in [5.74, 6) is 0. The summed E-state index contributed by atoms with van der Waals surface area (Å²) in [7, 11) is 0. The summed E-state index contributed by atoms with van der Waals surface area (Å²) in [6.07, 6.45) is 48.9. The summed E-state index contributed by atoms with van der Waals surface area (Å²) in [6.45, 7) is 4.62. The third-order valence-electron chi connectivity index (χ3n) is 8.21. The normalized spacial score (nSPS) is 11.5. The van der Waals surface area contributed by atoms with E-state index in [1.165, 1.54) is 212 Å². The zero-order valence-electron chi connectivity index (χ0n) is 25.3. The molecule has 0 spiro atoms. The molecule has 0 aromatic carbocycles. The van der Waals surface area contributed by atoms with Gasteiger partial charge in [0.15, 0.2) is 0 Å². The highest BCUT2D eigenvalue weighted by atomic mass is 14.0. The van der Waals surface area contributed by atoms with Crippen molar-refractivity contribution in [2.24, 2.45) is 0 Å². The van der Waals surface area contributed by atoms with Crippen LogP contribution in [0.5, 0.6) is 0 Å². The van der Waals surface area contributed by atoms with Crippen LogP contribution in [0.2, 0.25) is 0 Å². The molecule has 35 heavy (non-hydrogen) atoms. The summed E-state index contributed by atoms with van der Waals surface area (Å²) >= 11 is 0. The van der Waals surface area contributed by atoms with Crippen LogP contribution < -0.4 is 0 Å². The minimum absolute atomic E-state index is 1.37. The van der Waals surface area contributed by atoms with Gasteiger partial charge in [0.1, 0.15) is 0 Å². The van der Waals surface area contributed by atoms with Crippen LogP contribution in [0.4, 0.5) is 0 Å². The fourth-order valence-electron chi connectivity index (χ4n) is 5.63. The Morgan fingerprint density at radius 3 is 0.314 bits per heavy atom. The summed E-state index contributed by atoms with van der Waals surface area (Å²) in [6, 6.07) is 0. The second kappa shape index (κ2) is 34.0. The smallest absolute Gasteiger partial charge is 0.0533 e. The van der Waals surface area contributed by atoms with Gasteiger partial charge in [0, 0.05) is 0 Å². The molecule has 0 unspecified atom stereocenters. The fourth-order valence-corrected chi connectivity index (χ4v) is 5.63. The Hall–Kier alpha value is 0. The molecule has 212 valence electrons. The molecule has 0 saturated heterocycles. The molecule has 0 aliphatic heterocycles. The van der Waals surface area contributed by atoms with Crippen LogP contribution in [0.1, 0.15) is 226 Å². The van der Waals surface area contributed by atoms with Crippen molar-refractivity contribution >= 4 is 0 Å². The van der Waals surface area contributed by atoms with E-state index in [1.54, 1.807) is 0 Å². The molecule has 0 amide bonds. The van der Waals surface area contributed by atoms with Crippen molar-refractivity contribution in [2.75, 3.05) is 0 Å². The predicted molar refractivity (Wildman–Crippen MR) is 164 cm³/mol. The number of hydrogen-bond donors (Lipinski definition) is 0. The maximum Gasteiger partial charge on any atom is -0.0533 e. The van der Waals surface area contributed by atoms with Crippen LogP contribution in [-0.4, -0.2) is 0 Å². The van der Waals surface area contributed by atoms with E-state index in [0.717, 1.165) is 0 Å². The van der Waals surface area contributed by atoms with Crippen LogP contribution >= 0.6 is 0 Å². The van der Waals surface area contributed by atoms with Gasteiger partial charge in [-0.1, -0.05) is 226 Å². The molecular formula is C35H72. The average Bonchev–Trinajstić information content (AvgIpc) is 2.87. The molecule has 0 aromatic heterocycles. The zero-order chi connectivity index (χ0) is 25.3. The second-order valence-corrected chi connectivity index (χ2v) is 12.0. The average molecular weight is 493 g/mol. The van der Waals surface area contributed by atoms with Crippen LogP contribution in [0.25, 0.3) is 0 Å². The van der Waals surface area contributed by atoms with Gasteiger partial charge in [0.25, 0.3) is 0 Å². The molecule has 0 atom stereocenters. The van der Waals surface area contributed by atoms with Gasteiger partial charge in [-0.15, -0.1) is 0 Å². The molecule has 0 aliphatic rings. The molecule has 0 N–H and O–H groups in total. The van der Waals surface area contributed by atoms with Crippen molar-refractivity contribution < 1.29 is 0 Å². The number of rotatable bonds is 32. The maximum atomic E-state index is 2.31. The predicted octanol–water partition coefficient (Wildman–Crippen LogP) is 13.9. The Kier molecular flexibility index (Phi) is 34.0. The molecule has 0 rings (SSSR count). The van der Waals surface area contributed by atoms with Crippen LogP contribution in [-0.2, 0) is 0 Å². The fraction of sp³-hybridized carbons (Fsp3) is 1.00. The lowest BCUT2D eigenvalue weighted by molar-refractivity contribution is 0.512. The van der Waals surface area contributed by atoms with Crippen molar-refractivity contribution in [3.63, 3.8) is 0 Å². The van der Waals surface area contributed by atoms with Crippen molar-refractivity contribution in [3.05, 3.63) is 0 Å². The van der Waals surface area contributed by atoms with Gasteiger partial charge >= 0.3 is 0 Å². The largest absolute Gasteiger partial charge is 0.0654 e. The van der Waals surface area contributed by atoms with Gasteiger partial charge in [0.2, 0.25) is 0 Å². The van der Waals surface area contributed by atoms with Gasteiger partial charge in [-0.05, 0) is 0 Å². The van der Waals surface area contributed by atoms with Crippen molar-refractivity contribution in [1.82, 2.24) is 0 Å². The monoisotopic (exact) mass is 493 g/mol. The molecule has 0 bridgehead atoms. The Balaban J connectivity index is 3.00. The van der Waals surface area contributed by atoms with E-state index < -0.39 is 0 Å². The Morgan fingerprint density at radius 1 is 0.143 bits per heavy atom. The number of unbranched alkanes of at least 4 members (excludes halogenated alkanes) is 32. The first-order valence-corrected chi connectivity index (χ1v) is 17.4. The summed E-state index contributed by atoms with van der Waals surface area (Å²) in [5, 5.41) is 0. The highest BCUT2D eigenvalue weighted by Crippen LogP contribution is 2.16. The molecule has 0 heteroatoms. The van der Waals surface area contributed by atoms with Gasteiger partial charge < -0.3 is 0 Å². The summed E-state index contributed by atoms with van der Waals surface area (Å²) in [5.41, 5.74) is 0. The van der Waals surface area contributed by atoms with Gasteiger partial charge in [-0.25, -0.2) is 0 Å². The summed E-state index contributed by atoms with van der Waals surface area (Å²) in [4.78, 5) is 0. The highest BCUT2D eigenvalue weighted by molar-refractivity contribution is 4.52. The molecule has 0 aromatic rings. The SMILES string of the molecule is CCCCCCCCCCCCCCCCCCCCCCCCCCCCCCCCCCC. The lowest BCUT2D eigenvalue weighted by Crippen LogP contribution is -1.85. The molecular weight excluding hydrogens is 420 g/mol. The van der Waals surface area contributed by atoms with E-state index in [0.29, 0.717) is 0 Å². The molecule has 0 saturated carbocycles. The Labute approximate surface area is 225 Å². The third kappa shape index (κ3) is 34.0. The van der Waals surface area contributed by atoms with Crippen LogP contribution in [0, 0.1) is 0 Å². The van der Waals surface area contributed by atoms with Crippen LogP contribution in [0.15, 0.2) is 0 Å². The topological polar surface area (TPSA) is 0 Å². The van der Waals surface area contributed by atoms with E-state index in [1.807, 2.05) is 0 Å². The van der Waals surface area contributed by atoms with Gasteiger partial charge in [-0.2, -0.15) is 0 Å². The van der Waals surface area contributed by atoms with Crippen molar-refractivity contribution in [2.45, 2.75) is 226 Å².